The maximum absolute atomic E-state index is 6.02. The molecule has 0 bridgehead atoms. The standard InChI is InChI=1S/C20H31NO2/c1-2-5-17(6-3-1)7-4-16-22-18-8-10-19(11-9-18)23-20-12-14-21-15-13-20/h8-11,17,20-21H,1-7,12-16H2. The average molecular weight is 317 g/mol. The first-order valence-electron chi connectivity index (χ1n) is 9.50. The van der Waals surface area contributed by atoms with Crippen LogP contribution in [0.1, 0.15) is 57.8 Å². The summed E-state index contributed by atoms with van der Waals surface area (Å²) in [6.07, 6.45) is 12.2. The van der Waals surface area contributed by atoms with Crippen molar-refractivity contribution in [1.82, 2.24) is 5.32 Å². The first-order chi connectivity index (χ1) is 11.4. The van der Waals surface area contributed by atoms with Crippen molar-refractivity contribution in [1.29, 1.82) is 0 Å². The van der Waals surface area contributed by atoms with Crippen molar-refractivity contribution in [3.63, 3.8) is 0 Å². The summed E-state index contributed by atoms with van der Waals surface area (Å²) >= 11 is 0. The third kappa shape index (κ3) is 5.72. The third-order valence-corrected chi connectivity index (χ3v) is 5.16. The van der Waals surface area contributed by atoms with Crippen LogP contribution in [0.2, 0.25) is 0 Å². The minimum atomic E-state index is 0.360. The van der Waals surface area contributed by atoms with E-state index in [1.54, 1.807) is 0 Å². The SMILES string of the molecule is c1cc(OC2CCNCC2)ccc1OCCCC1CCCCC1. The second-order valence-corrected chi connectivity index (χ2v) is 7.03. The highest BCUT2D eigenvalue weighted by Gasteiger charge is 2.14. The molecule has 0 aromatic heterocycles. The zero-order valence-corrected chi connectivity index (χ0v) is 14.3. The number of hydrogen-bond acceptors (Lipinski definition) is 3. The summed E-state index contributed by atoms with van der Waals surface area (Å²) in [5.41, 5.74) is 0. The Morgan fingerprint density at radius 1 is 0.870 bits per heavy atom. The van der Waals surface area contributed by atoms with Crippen LogP contribution in [-0.2, 0) is 0 Å². The summed E-state index contributed by atoms with van der Waals surface area (Å²) in [6.45, 7) is 2.96. The second-order valence-electron chi connectivity index (χ2n) is 7.03. The molecule has 1 heterocycles. The van der Waals surface area contributed by atoms with E-state index in [0.717, 1.165) is 50.0 Å². The molecule has 2 fully saturated rings. The van der Waals surface area contributed by atoms with Gasteiger partial charge < -0.3 is 14.8 Å². The monoisotopic (exact) mass is 317 g/mol. The van der Waals surface area contributed by atoms with Gasteiger partial charge in [-0.3, -0.25) is 0 Å². The van der Waals surface area contributed by atoms with Crippen LogP contribution in [0.5, 0.6) is 11.5 Å². The zero-order valence-electron chi connectivity index (χ0n) is 14.3. The van der Waals surface area contributed by atoms with Crippen molar-refractivity contribution in [2.75, 3.05) is 19.7 Å². The number of nitrogens with one attached hydrogen (secondary N) is 1. The van der Waals surface area contributed by atoms with E-state index < -0.39 is 0 Å². The summed E-state index contributed by atoms with van der Waals surface area (Å²) in [6, 6.07) is 8.16. The lowest BCUT2D eigenvalue weighted by atomic mass is 9.86. The van der Waals surface area contributed by atoms with Gasteiger partial charge in [-0.1, -0.05) is 32.1 Å². The van der Waals surface area contributed by atoms with Gasteiger partial charge in [0, 0.05) is 0 Å². The molecule has 0 radical (unpaired) electrons. The topological polar surface area (TPSA) is 30.5 Å². The zero-order chi connectivity index (χ0) is 15.7. The van der Waals surface area contributed by atoms with E-state index in [1.807, 2.05) is 24.3 Å². The van der Waals surface area contributed by atoms with Crippen LogP contribution in [0, 0.1) is 5.92 Å². The van der Waals surface area contributed by atoms with Gasteiger partial charge in [-0.05, 0) is 69.0 Å². The normalized spacial score (nSPS) is 20.3. The van der Waals surface area contributed by atoms with Crippen molar-refractivity contribution in [2.24, 2.45) is 5.92 Å². The first kappa shape index (κ1) is 16.6. The Morgan fingerprint density at radius 2 is 1.57 bits per heavy atom. The van der Waals surface area contributed by atoms with E-state index in [4.69, 9.17) is 9.47 Å². The van der Waals surface area contributed by atoms with Crippen molar-refractivity contribution in [2.45, 2.75) is 63.9 Å². The fourth-order valence-corrected chi connectivity index (χ4v) is 3.76. The largest absolute Gasteiger partial charge is 0.494 e. The van der Waals surface area contributed by atoms with E-state index in [1.165, 1.54) is 44.9 Å². The maximum atomic E-state index is 6.02. The van der Waals surface area contributed by atoms with Gasteiger partial charge in [0.1, 0.15) is 17.6 Å². The number of rotatable bonds is 7. The lowest BCUT2D eigenvalue weighted by Crippen LogP contribution is -2.34. The van der Waals surface area contributed by atoms with Crippen LogP contribution in [0.3, 0.4) is 0 Å². The van der Waals surface area contributed by atoms with Gasteiger partial charge in [0.15, 0.2) is 0 Å². The quantitative estimate of drug-likeness (QED) is 0.748. The van der Waals surface area contributed by atoms with Crippen LogP contribution in [-0.4, -0.2) is 25.8 Å². The van der Waals surface area contributed by atoms with E-state index in [9.17, 15) is 0 Å². The highest BCUT2D eigenvalue weighted by molar-refractivity contribution is 5.31. The molecule has 23 heavy (non-hydrogen) atoms. The molecule has 1 saturated heterocycles. The minimum absolute atomic E-state index is 0.360. The van der Waals surface area contributed by atoms with Gasteiger partial charge in [-0.2, -0.15) is 0 Å². The molecule has 3 nitrogen and oxygen atoms in total. The second kappa shape index (κ2) is 9.17. The molecule has 128 valence electrons. The van der Waals surface area contributed by atoms with Crippen LogP contribution < -0.4 is 14.8 Å². The van der Waals surface area contributed by atoms with E-state index in [0.29, 0.717) is 6.10 Å². The van der Waals surface area contributed by atoms with Crippen molar-refractivity contribution < 1.29 is 9.47 Å². The number of benzene rings is 1. The van der Waals surface area contributed by atoms with E-state index >= 15 is 0 Å². The van der Waals surface area contributed by atoms with Gasteiger partial charge in [0.25, 0.3) is 0 Å². The molecule has 1 aromatic rings. The van der Waals surface area contributed by atoms with Crippen molar-refractivity contribution in [3.8, 4) is 11.5 Å². The molecule has 3 rings (SSSR count). The average Bonchev–Trinajstić information content (AvgIpc) is 2.62. The van der Waals surface area contributed by atoms with Crippen LogP contribution in [0.4, 0.5) is 0 Å². The van der Waals surface area contributed by atoms with Crippen LogP contribution in [0.25, 0.3) is 0 Å². The Labute approximate surface area is 140 Å². The third-order valence-electron chi connectivity index (χ3n) is 5.16. The molecular weight excluding hydrogens is 286 g/mol. The fraction of sp³-hybridized carbons (Fsp3) is 0.700. The molecule has 1 saturated carbocycles. The van der Waals surface area contributed by atoms with Gasteiger partial charge in [-0.25, -0.2) is 0 Å². The van der Waals surface area contributed by atoms with Crippen LogP contribution >= 0.6 is 0 Å². The van der Waals surface area contributed by atoms with E-state index in [-0.39, 0.29) is 0 Å². The fourth-order valence-electron chi connectivity index (χ4n) is 3.76. The van der Waals surface area contributed by atoms with E-state index in [2.05, 4.69) is 5.32 Å². The van der Waals surface area contributed by atoms with Crippen molar-refractivity contribution >= 4 is 0 Å². The summed E-state index contributed by atoms with van der Waals surface area (Å²) in [5.74, 6) is 2.88. The number of ether oxygens (including phenoxy) is 2. The van der Waals surface area contributed by atoms with Crippen LogP contribution in [0.15, 0.2) is 24.3 Å². The van der Waals surface area contributed by atoms with Gasteiger partial charge in [0.2, 0.25) is 0 Å². The molecule has 1 N–H and O–H groups in total. The lowest BCUT2D eigenvalue weighted by Gasteiger charge is -2.23. The Hall–Kier alpha value is -1.22. The van der Waals surface area contributed by atoms with Gasteiger partial charge in [0.05, 0.1) is 6.61 Å². The first-order valence-corrected chi connectivity index (χ1v) is 9.50. The Balaban J connectivity index is 1.33. The number of piperidine rings is 1. The molecule has 1 aliphatic heterocycles. The summed E-state index contributed by atoms with van der Waals surface area (Å²) in [5, 5.41) is 3.36. The summed E-state index contributed by atoms with van der Waals surface area (Å²) < 4.78 is 11.9. The molecule has 0 amide bonds. The highest BCUT2D eigenvalue weighted by Crippen LogP contribution is 2.27. The predicted molar refractivity (Wildman–Crippen MR) is 94.3 cm³/mol. The molecular formula is C20H31NO2. The Morgan fingerprint density at radius 3 is 2.30 bits per heavy atom. The Bertz CT molecular complexity index is 433. The lowest BCUT2D eigenvalue weighted by molar-refractivity contribution is 0.162. The van der Waals surface area contributed by atoms with Crippen molar-refractivity contribution in [3.05, 3.63) is 24.3 Å². The molecule has 2 aliphatic rings. The van der Waals surface area contributed by atoms with Gasteiger partial charge >= 0.3 is 0 Å². The molecule has 1 aliphatic carbocycles. The molecule has 0 unspecified atom stereocenters. The molecule has 0 spiro atoms. The number of hydrogen-bond donors (Lipinski definition) is 1. The smallest absolute Gasteiger partial charge is 0.119 e. The predicted octanol–water partition coefficient (Wildman–Crippen LogP) is 4.56. The Kier molecular flexibility index (Phi) is 6.63. The highest BCUT2D eigenvalue weighted by atomic mass is 16.5. The molecule has 0 atom stereocenters. The maximum Gasteiger partial charge on any atom is 0.119 e. The minimum Gasteiger partial charge on any atom is -0.494 e. The molecule has 3 heteroatoms. The summed E-state index contributed by atoms with van der Waals surface area (Å²) in [7, 11) is 0. The summed E-state index contributed by atoms with van der Waals surface area (Å²) in [4.78, 5) is 0. The molecule has 1 aromatic carbocycles. The van der Waals surface area contributed by atoms with Gasteiger partial charge in [-0.15, -0.1) is 0 Å².